The number of piperazine rings is 1. The van der Waals surface area contributed by atoms with E-state index < -0.39 is 20.8 Å². The fourth-order valence-electron chi connectivity index (χ4n) is 2.43. The van der Waals surface area contributed by atoms with Gasteiger partial charge in [-0.2, -0.15) is 0 Å². The Morgan fingerprint density at radius 2 is 1.92 bits per heavy atom. The molecule has 0 spiro atoms. The lowest BCUT2D eigenvalue weighted by Gasteiger charge is -2.40. The van der Waals surface area contributed by atoms with Crippen molar-refractivity contribution >= 4 is 46.4 Å². The van der Waals surface area contributed by atoms with Crippen molar-refractivity contribution in [2.24, 2.45) is 0 Å². The van der Waals surface area contributed by atoms with E-state index in [1.807, 2.05) is 11.9 Å². The van der Waals surface area contributed by atoms with Crippen molar-refractivity contribution in [1.29, 1.82) is 0 Å². The summed E-state index contributed by atoms with van der Waals surface area (Å²) >= 11 is 18.1. The fraction of sp³-hybridized carbons (Fsp3) is 0.500. The Morgan fingerprint density at radius 3 is 2.46 bits per heavy atom. The first-order chi connectivity index (χ1) is 11.2. The molecular formula is C14H17Cl3N4O3. The van der Waals surface area contributed by atoms with Gasteiger partial charge in [0.2, 0.25) is 3.79 Å². The number of benzene rings is 1. The number of non-ortho nitro benzene ring substituents is 1. The van der Waals surface area contributed by atoms with E-state index in [2.05, 4.69) is 10.2 Å². The molecule has 1 saturated heterocycles. The smallest absolute Gasteiger partial charge is 0.270 e. The molecule has 1 N–H and O–H groups in total. The van der Waals surface area contributed by atoms with Gasteiger partial charge in [-0.25, -0.2) is 0 Å². The van der Waals surface area contributed by atoms with Gasteiger partial charge in [0, 0.05) is 43.9 Å². The van der Waals surface area contributed by atoms with Crippen LogP contribution < -0.4 is 5.32 Å². The van der Waals surface area contributed by atoms with Gasteiger partial charge in [0.25, 0.3) is 11.6 Å². The van der Waals surface area contributed by atoms with Crippen molar-refractivity contribution in [2.45, 2.75) is 9.96 Å². The van der Waals surface area contributed by atoms with Crippen LogP contribution >= 0.6 is 34.8 Å². The number of carbonyl (C=O) groups excluding carboxylic acids is 1. The number of rotatable bonds is 4. The molecular weight excluding hydrogens is 379 g/mol. The topological polar surface area (TPSA) is 78.7 Å². The zero-order chi connectivity index (χ0) is 17.9. The summed E-state index contributed by atoms with van der Waals surface area (Å²) in [7, 11) is 1.99. The Labute approximate surface area is 154 Å². The number of hydrogen-bond acceptors (Lipinski definition) is 5. The molecule has 10 heteroatoms. The van der Waals surface area contributed by atoms with Crippen molar-refractivity contribution in [1.82, 2.24) is 15.1 Å². The molecule has 1 atom stereocenters. The maximum Gasteiger partial charge on any atom is 0.270 e. The minimum absolute atomic E-state index is 0.137. The van der Waals surface area contributed by atoms with Gasteiger partial charge in [-0.15, -0.1) is 0 Å². The Hall–Kier alpha value is -1.12. The van der Waals surface area contributed by atoms with Gasteiger partial charge in [0.15, 0.2) is 0 Å². The Balaban J connectivity index is 2.16. The first-order valence-electron chi connectivity index (χ1n) is 7.23. The third-order valence-corrected chi connectivity index (χ3v) is 4.42. The van der Waals surface area contributed by atoms with Crippen LogP contribution in [0, 0.1) is 10.1 Å². The van der Waals surface area contributed by atoms with Crippen LogP contribution in [0.2, 0.25) is 0 Å². The van der Waals surface area contributed by atoms with Gasteiger partial charge in [-0.3, -0.25) is 19.8 Å². The van der Waals surface area contributed by atoms with E-state index in [1.165, 1.54) is 24.3 Å². The summed E-state index contributed by atoms with van der Waals surface area (Å²) in [6.45, 7) is 2.82. The van der Waals surface area contributed by atoms with Crippen LogP contribution in [0.5, 0.6) is 0 Å². The predicted octanol–water partition coefficient (Wildman–Crippen LogP) is 2.27. The van der Waals surface area contributed by atoms with Crippen LogP contribution in [-0.2, 0) is 0 Å². The lowest BCUT2D eigenvalue weighted by atomic mass is 10.2. The highest BCUT2D eigenvalue weighted by Gasteiger charge is 2.39. The molecule has 1 aliphatic heterocycles. The van der Waals surface area contributed by atoms with E-state index >= 15 is 0 Å². The van der Waals surface area contributed by atoms with E-state index in [-0.39, 0.29) is 11.3 Å². The van der Waals surface area contributed by atoms with E-state index in [9.17, 15) is 14.9 Å². The molecule has 7 nitrogen and oxygen atoms in total. The van der Waals surface area contributed by atoms with Crippen LogP contribution in [0.25, 0.3) is 0 Å². The largest absolute Gasteiger partial charge is 0.332 e. The molecule has 0 bridgehead atoms. The van der Waals surface area contributed by atoms with Gasteiger partial charge < -0.3 is 10.2 Å². The molecule has 1 unspecified atom stereocenters. The van der Waals surface area contributed by atoms with E-state index in [0.717, 1.165) is 13.1 Å². The SMILES string of the molecule is CN1CCN(C(NC(=O)c2cccc([N+](=O)[O-])c2)C(Cl)(Cl)Cl)CC1. The van der Waals surface area contributed by atoms with Gasteiger partial charge in [0.1, 0.15) is 6.17 Å². The summed E-state index contributed by atoms with van der Waals surface area (Å²) < 4.78 is -1.73. The van der Waals surface area contributed by atoms with Gasteiger partial charge in [-0.1, -0.05) is 40.9 Å². The average Bonchev–Trinajstić information content (AvgIpc) is 2.52. The van der Waals surface area contributed by atoms with Crippen LogP contribution in [0.15, 0.2) is 24.3 Å². The number of carbonyl (C=O) groups is 1. The lowest BCUT2D eigenvalue weighted by molar-refractivity contribution is -0.384. The van der Waals surface area contributed by atoms with Crippen molar-refractivity contribution in [3.63, 3.8) is 0 Å². The molecule has 1 fully saturated rings. The number of nitrogens with zero attached hydrogens (tertiary/aromatic N) is 3. The van der Waals surface area contributed by atoms with Crippen LogP contribution in [0.4, 0.5) is 5.69 Å². The minimum Gasteiger partial charge on any atom is -0.332 e. The number of hydrogen-bond donors (Lipinski definition) is 1. The molecule has 1 aromatic carbocycles. The number of nitrogens with one attached hydrogen (secondary N) is 1. The Morgan fingerprint density at radius 1 is 1.29 bits per heavy atom. The number of amides is 1. The van der Waals surface area contributed by atoms with Gasteiger partial charge >= 0.3 is 0 Å². The first-order valence-corrected chi connectivity index (χ1v) is 8.36. The molecule has 24 heavy (non-hydrogen) atoms. The highest BCUT2D eigenvalue weighted by Crippen LogP contribution is 2.33. The molecule has 1 aliphatic rings. The van der Waals surface area contributed by atoms with Crippen LogP contribution in [-0.4, -0.2) is 63.8 Å². The summed E-state index contributed by atoms with van der Waals surface area (Å²) in [5.74, 6) is -0.533. The second-order valence-corrected chi connectivity index (χ2v) is 7.93. The van der Waals surface area contributed by atoms with Crippen molar-refractivity contribution in [2.75, 3.05) is 33.2 Å². The third-order valence-electron chi connectivity index (χ3n) is 3.80. The number of alkyl halides is 3. The molecule has 0 aromatic heterocycles. The number of nitro groups is 1. The van der Waals surface area contributed by atoms with E-state index in [1.54, 1.807) is 0 Å². The van der Waals surface area contributed by atoms with Gasteiger partial charge in [0.05, 0.1) is 4.92 Å². The highest BCUT2D eigenvalue weighted by molar-refractivity contribution is 6.68. The zero-order valence-electron chi connectivity index (χ0n) is 12.9. The molecule has 1 aromatic rings. The summed E-state index contributed by atoms with van der Waals surface area (Å²) in [6.07, 6.45) is -0.831. The van der Waals surface area contributed by atoms with Gasteiger partial charge in [-0.05, 0) is 13.1 Å². The summed E-state index contributed by atoms with van der Waals surface area (Å²) in [5, 5.41) is 13.5. The zero-order valence-corrected chi connectivity index (χ0v) is 15.2. The monoisotopic (exact) mass is 394 g/mol. The second-order valence-electron chi connectivity index (χ2n) is 5.56. The molecule has 0 aliphatic carbocycles. The third kappa shape index (κ3) is 4.94. The van der Waals surface area contributed by atoms with Crippen molar-refractivity contribution < 1.29 is 9.72 Å². The minimum atomic E-state index is -1.73. The number of likely N-dealkylation sites (N-methyl/N-ethyl adjacent to an activating group) is 1. The Kier molecular flexibility index (Phi) is 6.28. The van der Waals surface area contributed by atoms with E-state index in [4.69, 9.17) is 34.8 Å². The summed E-state index contributed by atoms with van der Waals surface area (Å²) in [5.41, 5.74) is -0.0368. The molecule has 1 heterocycles. The molecule has 1 amide bonds. The molecule has 2 rings (SSSR count). The quantitative estimate of drug-likeness (QED) is 0.481. The van der Waals surface area contributed by atoms with E-state index in [0.29, 0.717) is 13.1 Å². The van der Waals surface area contributed by atoms with Crippen molar-refractivity contribution in [3.8, 4) is 0 Å². The first kappa shape index (κ1) is 19.2. The normalized spacial score (nSPS) is 18.2. The van der Waals surface area contributed by atoms with Crippen molar-refractivity contribution in [3.05, 3.63) is 39.9 Å². The maximum atomic E-state index is 12.4. The standard InChI is InChI=1S/C14H17Cl3N4O3/c1-19-5-7-20(8-6-19)13(14(15,16)17)18-12(22)10-3-2-4-11(9-10)21(23)24/h2-4,9,13H,5-8H2,1H3,(H,18,22). The molecule has 0 radical (unpaired) electrons. The Bertz CT molecular complexity index is 616. The number of nitro benzene ring substituents is 1. The molecule has 132 valence electrons. The average molecular weight is 396 g/mol. The summed E-state index contributed by atoms with van der Waals surface area (Å²) in [4.78, 5) is 26.7. The fourth-order valence-corrected chi connectivity index (χ4v) is 3.01. The predicted molar refractivity (Wildman–Crippen MR) is 93.7 cm³/mol. The van der Waals surface area contributed by atoms with Crippen LogP contribution in [0.1, 0.15) is 10.4 Å². The lowest BCUT2D eigenvalue weighted by Crippen LogP contribution is -2.60. The number of halogens is 3. The second kappa shape index (κ2) is 7.84. The highest BCUT2D eigenvalue weighted by atomic mass is 35.6. The summed E-state index contributed by atoms with van der Waals surface area (Å²) in [6, 6.07) is 5.41. The van der Waals surface area contributed by atoms with Crippen LogP contribution in [0.3, 0.4) is 0 Å². The maximum absolute atomic E-state index is 12.4. The molecule has 0 saturated carbocycles.